The number of nitrogens with zero attached hydrogens (tertiary/aromatic N) is 2. The summed E-state index contributed by atoms with van der Waals surface area (Å²) in [7, 11) is 0. The van der Waals surface area contributed by atoms with Gasteiger partial charge in [-0.05, 0) is 36.4 Å². The minimum absolute atomic E-state index is 0.0609. The zero-order valence-electron chi connectivity index (χ0n) is 14.4. The van der Waals surface area contributed by atoms with Gasteiger partial charge in [-0.25, -0.2) is 9.37 Å². The molecule has 0 atom stereocenters. The van der Waals surface area contributed by atoms with Gasteiger partial charge in [0, 0.05) is 16.8 Å². The molecule has 0 aliphatic heterocycles. The third kappa shape index (κ3) is 3.54. The van der Waals surface area contributed by atoms with Crippen molar-refractivity contribution in [2.45, 2.75) is 6.54 Å². The number of fused-ring (bicyclic) bond motifs is 1. The van der Waals surface area contributed by atoms with Crippen LogP contribution in [0.1, 0.15) is 15.9 Å². The van der Waals surface area contributed by atoms with Crippen LogP contribution < -0.4 is 10.9 Å². The van der Waals surface area contributed by atoms with Gasteiger partial charge >= 0.3 is 0 Å². The molecule has 4 aromatic rings. The molecule has 4 rings (SSSR count). The van der Waals surface area contributed by atoms with Crippen LogP contribution in [0.4, 0.5) is 9.52 Å². The van der Waals surface area contributed by atoms with Crippen LogP contribution in [0.3, 0.4) is 0 Å². The van der Waals surface area contributed by atoms with Gasteiger partial charge in [0.05, 0.1) is 16.8 Å². The molecular formula is C20H13ClFN3O2S. The van der Waals surface area contributed by atoms with E-state index in [1.165, 1.54) is 40.3 Å². The summed E-state index contributed by atoms with van der Waals surface area (Å²) in [6, 6.07) is 14.8. The molecule has 2 aromatic heterocycles. The molecule has 5 nitrogen and oxygen atoms in total. The summed E-state index contributed by atoms with van der Waals surface area (Å²) in [5.41, 5.74) is 0.354. The second kappa shape index (κ2) is 7.53. The Balaban J connectivity index is 1.62. The molecule has 0 bridgehead atoms. The van der Waals surface area contributed by atoms with Crippen molar-refractivity contribution in [2.75, 3.05) is 5.32 Å². The van der Waals surface area contributed by atoms with E-state index in [0.29, 0.717) is 5.13 Å². The monoisotopic (exact) mass is 413 g/mol. The van der Waals surface area contributed by atoms with Gasteiger partial charge in [0.2, 0.25) is 0 Å². The number of pyridine rings is 1. The first-order chi connectivity index (χ1) is 13.5. The van der Waals surface area contributed by atoms with Crippen LogP contribution >= 0.6 is 22.9 Å². The van der Waals surface area contributed by atoms with Crippen molar-refractivity contribution in [1.29, 1.82) is 0 Å². The molecule has 0 saturated heterocycles. The third-order valence-corrected chi connectivity index (χ3v) is 5.48. The van der Waals surface area contributed by atoms with Crippen LogP contribution in [0.15, 0.2) is 65.6 Å². The number of aromatic nitrogens is 2. The van der Waals surface area contributed by atoms with E-state index in [-0.39, 0.29) is 22.7 Å². The van der Waals surface area contributed by atoms with Gasteiger partial charge in [-0.15, -0.1) is 0 Å². The zero-order chi connectivity index (χ0) is 19.7. The third-order valence-electron chi connectivity index (χ3n) is 4.17. The van der Waals surface area contributed by atoms with Crippen molar-refractivity contribution in [3.05, 3.63) is 93.1 Å². The van der Waals surface area contributed by atoms with E-state index < -0.39 is 17.3 Å². The van der Waals surface area contributed by atoms with Crippen LogP contribution in [-0.4, -0.2) is 15.5 Å². The van der Waals surface area contributed by atoms with Crippen LogP contribution in [0, 0.1) is 5.82 Å². The number of hydrogen-bond donors (Lipinski definition) is 1. The zero-order valence-corrected chi connectivity index (χ0v) is 15.9. The molecule has 2 aromatic carbocycles. The predicted octanol–water partition coefficient (Wildman–Crippen LogP) is 4.55. The first-order valence-corrected chi connectivity index (χ1v) is 9.51. The lowest BCUT2D eigenvalue weighted by Gasteiger charge is -2.10. The topological polar surface area (TPSA) is 64.0 Å². The average molecular weight is 414 g/mol. The summed E-state index contributed by atoms with van der Waals surface area (Å²) in [6.45, 7) is -0.0768. The van der Waals surface area contributed by atoms with Gasteiger partial charge in [0.25, 0.3) is 11.5 Å². The van der Waals surface area contributed by atoms with Crippen molar-refractivity contribution in [3.8, 4) is 0 Å². The fourth-order valence-electron chi connectivity index (χ4n) is 2.78. The van der Waals surface area contributed by atoms with Crippen LogP contribution in [0.25, 0.3) is 10.2 Å². The number of carbonyl (C=O) groups is 1. The molecule has 0 spiro atoms. The molecule has 0 unspecified atom stereocenters. The normalized spacial score (nSPS) is 10.9. The highest BCUT2D eigenvalue weighted by molar-refractivity contribution is 7.22. The Hall–Kier alpha value is -3.03. The van der Waals surface area contributed by atoms with Gasteiger partial charge in [-0.1, -0.05) is 41.1 Å². The Morgan fingerprint density at radius 3 is 2.75 bits per heavy atom. The lowest BCUT2D eigenvalue weighted by Crippen LogP contribution is -2.29. The maximum Gasteiger partial charge on any atom is 0.263 e. The van der Waals surface area contributed by atoms with Gasteiger partial charge in [-0.3, -0.25) is 14.9 Å². The molecule has 0 aliphatic rings. The average Bonchev–Trinajstić information content (AvgIpc) is 3.08. The molecule has 0 radical (unpaired) electrons. The van der Waals surface area contributed by atoms with Crippen molar-refractivity contribution < 1.29 is 9.18 Å². The molecule has 2 heterocycles. The van der Waals surface area contributed by atoms with Crippen molar-refractivity contribution in [2.24, 2.45) is 0 Å². The fourth-order valence-corrected chi connectivity index (χ4v) is 3.86. The molecule has 140 valence electrons. The second-order valence-electron chi connectivity index (χ2n) is 6.00. The molecule has 0 fully saturated rings. The van der Waals surface area contributed by atoms with E-state index >= 15 is 0 Å². The molecule has 8 heteroatoms. The summed E-state index contributed by atoms with van der Waals surface area (Å²) in [4.78, 5) is 29.6. The highest BCUT2D eigenvalue weighted by Crippen LogP contribution is 2.25. The molecular weight excluding hydrogens is 401 g/mol. The lowest BCUT2D eigenvalue weighted by molar-refractivity contribution is 0.102. The minimum Gasteiger partial charge on any atom is -0.310 e. The fraction of sp³-hybridized carbons (Fsp3) is 0.0500. The van der Waals surface area contributed by atoms with E-state index in [1.807, 2.05) is 24.3 Å². The number of hydrogen-bond acceptors (Lipinski definition) is 4. The molecule has 0 aliphatic carbocycles. The molecule has 1 N–H and O–H groups in total. The highest BCUT2D eigenvalue weighted by Gasteiger charge is 2.16. The van der Waals surface area contributed by atoms with Gasteiger partial charge in [-0.2, -0.15) is 0 Å². The Morgan fingerprint density at radius 2 is 1.96 bits per heavy atom. The van der Waals surface area contributed by atoms with E-state index in [1.54, 1.807) is 12.1 Å². The van der Waals surface area contributed by atoms with Crippen LogP contribution in [0.5, 0.6) is 0 Å². The van der Waals surface area contributed by atoms with E-state index in [0.717, 1.165) is 10.2 Å². The molecule has 0 saturated carbocycles. The van der Waals surface area contributed by atoms with Gasteiger partial charge in [0.15, 0.2) is 5.13 Å². The Kier molecular flexibility index (Phi) is 4.93. The lowest BCUT2D eigenvalue weighted by atomic mass is 10.2. The number of carbonyl (C=O) groups excluding carboxylic acids is 1. The smallest absolute Gasteiger partial charge is 0.263 e. The highest BCUT2D eigenvalue weighted by atomic mass is 35.5. The number of para-hydroxylation sites is 1. The van der Waals surface area contributed by atoms with Crippen LogP contribution in [-0.2, 0) is 6.54 Å². The number of nitrogens with one attached hydrogen (secondary N) is 1. The quantitative estimate of drug-likeness (QED) is 0.533. The Labute approximate surface area is 168 Å². The largest absolute Gasteiger partial charge is 0.310 e. The number of halogens is 2. The number of thiazole rings is 1. The first-order valence-electron chi connectivity index (χ1n) is 8.32. The Morgan fingerprint density at radius 1 is 1.14 bits per heavy atom. The maximum atomic E-state index is 14.0. The molecule has 28 heavy (non-hydrogen) atoms. The summed E-state index contributed by atoms with van der Waals surface area (Å²) < 4.78 is 16.2. The van der Waals surface area contributed by atoms with Crippen LogP contribution in [0.2, 0.25) is 5.02 Å². The SMILES string of the molecule is O=C(Nc1nc2ccccc2s1)c1cccn(Cc2c(F)cccc2Cl)c1=O. The van der Waals surface area contributed by atoms with Crippen molar-refractivity contribution >= 4 is 44.2 Å². The maximum absolute atomic E-state index is 14.0. The summed E-state index contributed by atoms with van der Waals surface area (Å²) in [6.07, 6.45) is 1.49. The predicted molar refractivity (Wildman–Crippen MR) is 109 cm³/mol. The van der Waals surface area contributed by atoms with Crippen molar-refractivity contribution in [1.82, 2.24) is 9.55 Å². The number of anilines is 1. The van der Waals surface area contributed by atoms with E-state index in [9.17, 15) is 14.0 Å². The van der Waals surface area contributed by atoms with E-state index in [4.69, 9.17) is 11.6 Å². The summed E-state index contributed by atoms with van der Waals surface area (Å²) in [5.74, 6) is -1.08. The van der Waals surface area contributed by atoms with Crippen molar-refractivity contribution in [3.63, 3.8) is 0 Å². The minimum atomic E-state index is -0.571. The van der Waals surface area contributed by atoms with E-state index in [2.05, 4.69) is 10.3 Å². The first kappa shape index (κ1) is 18.3. The molecule has 1 amide bonds. The number of rotatable bonds is 4. The summed E-state index contributed by atoms with van der Waals surface area (Å²) in [5, 5.41) is 3.28. The standard InChI is InChI=1S/C20H13ClFN3O2S/c21-14-6-3-7-15(22)13(14)11-25-10-4-5-12(19(25)27)18(26)24-20-23-16-8-1-2-9-17(16)28-20/h1-10H,11H2,(H,23,24,26). The van der Waals surface area contributed by atoms with Gasteiger partial charge in [0.1, 0.15) is 11.4 Å². The summed E-state index contributed by atoms with van der Waals surface area (Å²) >= 11 is 7.36. The number of benzene rings is 2. The number of amides is 1. The second-order valence-corrected chi connectivity index (χ2v) is 7.43. The van der Waals surface area contributed by atoms with Gasteiger partial charge < -0.3 is 4.57 Å². The Bertz CT molecular complexity index is 1200.